The predicted molar refractivity (Wildman–Crippen MR) is 67.4 cm³/mol. The molecule has 2 heterocycles. The van der Waals surface area contributed by atoms with Crippen LogP contribution in [0.5, 0.6) is 0 Å². The lowest BCUT2D eigenvalue weighted by Gasteiger charge is -2.22. The normalized spacial score (nSPS) is 21.7. The molecule has 18 heavy (non-hydrogen) atoms. The fourth-order valence-electron chi connectivity index (χ4n) is 2.10. The van der Waals surface area contributed by atoms with Gasteiger partial charge in [0.05, 0.1) is 11.4 Å². The minimum atomic E-state index is -0.514. The molecule has 0 fully saturated rings. The van der Waals surface area contributed by atoms with E-state index in [0.29, 0.717) is 0 Å². The molecule has 1 aromatic carbocycles. The van der Waals surface area contributed by atoms with Gasteiger partial charge in [-0.1, -0.05) is 18.2 Å². The molecular formula is C13H10N2O2S. The van der Waals surface area contributed by atoms with E-state index in [2.05, 4.69) is 16.3 Å². The molecule has 2 aliphatic heterocycles. The van der Waals surface area contributed by atoms with E-state index in [-0.39, 0.29) is 16.6 Å². The summed E-state index contributed by atoms with van der Waals surface area (Å²) in [7, 11) is 0. The largest absolute Gasteiger partial charge is 0.300 e. The Labute approximate surface area is 108 Å². The topological polar surface area (TPSA) is 58.9 Å². The predicted octanol–water partition coefficient (Wildman–Crippen LogP) is 2.54. The summed E-state index contributed by atoms with van der Waals surface area (Å²) < 4.78 is 0. The molecule has 0 radical (unpaired) electrons. The summed E-state index contributed by atoms with van der Waals surface area (Å²) in [6, 6.07) is 8.05. The van der Waals surface area contributed by atoms with Gasteiger partial charge >= 0.3 is 5.91 Å². The molecule has 3 rings (SSSR count). The molecule has 0 N–H and O–H groups in total. The molecule has 5 heteroatoms. The molecule has 0 saturated carbocycles. The third kappa shape index (κ3) is 1.90. The van der Waals surface area contributed by atoms with Crippen molar-refractivity contribution in [2.45, 2.75) is 23.0 Å². The second-order valence-corrected chi connectivity index (χ2v) is 5.43. The SMILES string of the molecule is O=C1N=NC=C1C(=O)C1CCc2ccccc2S1. The van der Waals surface area contributed by atoms with Crippen molar-refractivity contribution in [2.75, 3.05) is 0 Å². The van der Waals surface area contributed by atoms with Crippen LogP contribution >= 0.6 is 11.8 Å². The number of amides is 1. The molecule has 0 bridgehead atoms. The molecule has 0 aromatic heterocycles. The minimum absolute atomic E-state index is 0.117. The lowest BCUT2D eigenvalue weighted by molar-refractivity contribution is -0.120. The Morgan fingerprint density at radius 3 is 2.94 bits per heavy atom. The number of ketones is 1. The summed E-state index contributed by atoms with van der Waals surface area (Å²) in [6.45, 7) is 0. The molecule has 90 valence electrons. The lowest BCUT2D eigenvalue weighted by Crippen LogP contribution is -2.25. The van der Waals surface area contributed by atoms with E-state index in [4.69, 9.17) is 0 Å². The van der Waals surface area contributed by atoms with Gasteiger partial charge in [0.1, 0.15) is 5.57 Å². The molecule has 0 spiro atoms. The first-order valence-electron chi connectivity index (χ1n) is 5.70. The zero-order chi connectivity index (χ0) is 12.5. The van der Waals surface area contributed by atoms with Gasteiger partial charge < -0.3 is 0 Å². The van der Waals surface area contributed by atoms with E-state index < -0.39 is 5.91 Å². The standard InChI is InChI=1S/C13H10N2O2S/c16-12(9-7-14-15-13(9)17)11-6-5-8-3-1-2-4-10(8)18-11/h1-4,7,11H,5-6H2. The lowest BCUT2D eigenvalue weighted by atomic mass is 10.0. The summed E-state index contributed by atoms with van der Waals surface area (Å²) in [5.74, 6) is -0.663. The van der Waals surface area contributed by atoms with E-state index >= 15 is 0 Å². The average molecular weight is 258 g/mol. The maximum absolute atomic E-state index is 12.2. The van der Waals surface area contributed by atoms with Crippen LogP contribution in [0.25, 0.3) is 0 Å². The molecule has 1 aromatic rings. The number of carbonyl (C=O) groups is 2. The Morgan fingerprint density at radius 2 is 2.17 bits per heavy atom. The average Bonchev–Trinajstić information content (AvgIpc) is 2.83. The van der Waals surface area contributed by atoms with Gasteiger partial charge in [-0.15, -0.1) is 16.9 Å². The van der Waals surface area contributed by atoms with Crippen molar-refractivity contribution in [2.24, 2.45) is 10.2 Å². The second-order valence-electron chi connectivity index (χ2n) is 4.18. The number of hydrogen-bond donors (Lipinski definition) is 0. The summed E-state index contributed by atoms with van der Waals surface area (Å²) in [5.41, 5.74) is 1.39. The Bertz CT molecular complexity index is 592. The van der Waals surface area contributed by atoms with Gasteiger partial charge in [0.25, 0.3) is 0 Å². The maximum Gasteiger partial charge on any atom is 0.300 e. The first-order chi connectivity index (χ1) is 8.75. The fraction of sp³-hybridized carbons (Fsp3) is 0.231. The van der Waals surface area contributed by atoms with E-state index in [1.165, 1.54) is 23.5 Å². The number of fused-ring (bicyclic) bond motifs is 1. The zero-order valence-electron chi connectivity index (χ0n) is 9.50. The van der Waals surface area contributed by atoms with Crippen molar-refractivity contribution in [1.82, 2.24) is 0 Å². The van der Waals surface area contributed by atoms with Crippen molar-refractivity contribution < 1.29 is 9.59 Å². The molecule has 0 saturated heterocycles. The third-order valence-corrected chi connectivity index (χ3v) is 4.43. The van der Waals surface area contributed by atoms with E-state index in [1.807, 2.05) is 18.2 Å². The molecule has 2 aliphatic rings. The van der Waals surface area contributed by atoms with Crippen LogP contribution in [0, 0.1) is 0 Å². The van der Waals surface area contributed by atoms with Crippen molar-refractivity contribution in [3.63, 3.8) is 0 Å². The number of nitrogens with zero attached hydrogens (tertiary/aromatic N) is 2. The first-order valence-corrected chi connectivity index (χ1v) is 6.58. The number of carbonyl (C=O) groups excluding carboxylic acids is 2. The number of hydrogen-bond acceptors (Lipinski definition) is 4. The van der Waals surface area contributed by atoms with Gasteiger partial charge in [0.15, 0.2) is 5.78 Å². The maximum atomic E-state index is 12.2. The Morgan fingerprint density at radius 1 is 1.33 bits per heavy atom. The van der Waals surface area contributed by atoms with Crippen LogP contribution in [0.1, 0.15) is 12.0 Å². The van der Waals surface area contributed by atoms with Crippen molar-refractivity contribution in [3.8, 4) is 0 Å². The number of thioether (sulfide) groups is 1. The Balaban J connectivity index is 1.81. The van der Waals surface area contributed by atoms with Crippen LogP contribution in [-0.2, 0) is 16.0 Å². The summed E-state index contributed by atoms with van der Waals surface area (Å²) >= 11 is 1.53. The van der Waals surface area contributed by atoms with Crippen LogP contribution in [0.2, 0.25) is 0 Å². The highest BCUT2D eigenvalue weighted by Gasteiger charge is 2.31. The van der Waals surface area contributed by atoms with Crippen molar-refractivity contribution in [3.05, 3.63) is 41.6 Å². The molecule has 1 unspecified atom stereocenters. The van der Waals surface area contributed by atoms with Crippen LogP contribution in [0.4, 0.5) is 0 Å². The van der Waals surface area contributed by atoms with Gasteiger partial charge in [0, 0.05) is 4.90 Å². The smallest absolute Gasteiger partial charge is 0.293 e. The number of aryl methyl sites for hydroxylation is 1. The van der Waals surface area contributed by atoms with Crippen molar-refractivity contribution in [1.29, 1.82) is 0 Å². The monoisotopic (exact) mass is 258 g/mol. The zero-order valence-corrected chi connectivity index (χ0v) is 10.3. The first kappa shape index (κ1) is 11.3. The number of rotatable bonds is 2. The van der Waals surface area contributed by atoms with Gasteiger partial charge in [-0.05, 0) is 24.5 Å². The minimum Gasteiger partial charge on any atom is -0.293 e. The highest BCUT2D eigenvalue weighted by atomic mass is 32.2. The Hall–Kier alpha value is -1.75. The number of Topliss-reactive ketones (excluding diaryl/α,β-unsaturated/α-hetero) is 1. The van der Waals surface area contributed by atoms with Crippen molar-refractivity contribution >= 4 is 23.5 Å². The van der Waals surface area contributed by atoms with E-state index in [0.717, 1.165) is 17.7 Å². The molecule has 1 amide bonds. The molecule has 1 atom stereocenters. The highest BCUT2D eigenvalue weighted by Crippen LogP contribution is 2.36. The molecule has 0 aliphatic carbocycles. The number of benzene rings is 1. The summed E-state index contributed by atoms with van der Waals surface area (Å²) in [6.07, 6.45) is 2.90. The van der Waals surface area contributed by atoms with Gasteiger partial charge in [-0.2, -0.15) is 5.11 Å². The van der Waals surface area contributed by atoms with Crippen LogP contribution in [0.15, 0.2) is 51.2 Å². The summed E-state index contributed by atoms with van der Waals surface area (Å²) in [4.78, 5) is 24.7. The molecular weight excluding hydrogens is 248 g/mol. The summed E-state index contributed by atoms with van der Waals surface area (Å²) in [5, 5.41) is 6.63. The van der Waals surface area contributed by atoms with Gasteiger partial charge in [-0.25, -0.2) is 0 Å². The third-order valence-electron chi connectivity index (χ3n) is 3.04. The van der Waals surface area contributed by atoms with Crippen LogP contribution in [-0.4, -0.2) is 16.9 Å². The van der Waals surface area contributed by atoms with E-state index in [1.54, 1.807) is 0 Å². The number of azo groups is 1. The van der Waals surface area contributed by atoms with Crippen LogP contribution < -0.4 is 0 Å². The molecule has 4 nitrogen and oxygen atoms in total. The highest BCUT2D eigenvalue weighted by molar-refractivity contribution is 8.00. The van der Waals surface area contributed by atoms with Gasteiger partial charge in [-0.3, -0.25) is 9.59 Å². The fourth-order valence-corrected chi connectivity index (χ4v) is 3.35. The second kappa shape index (κ2) is 4.49. The van der Waals surface area contributed by atoms with Crippen LogP contribution in [0.3, 0.4) is 0 Å². The Kier molecular flexibility index (Phi) is 2.83. The van der Waals surface area contributed by atoms with Gasteiger partial charge in [0.2, 0.25) is 0 Å². The van der Waals surface area contributed by atoms with E-state index in [9.17, 15) is 9.59 Å². The quantitative estimate of drug-likeness (QED) is 0.766.